The van der Waals surface area contributed by atoms with Gasteiger partial charge in [0.25, 0.3) is 0 Å². The second kappa shape index (κ2) is 6.80. The number of nitrogens with zero attached hydrogens (tertiary/aromatic N) is 1. The van der Waals surface area contributed by atoms with Gasteiger partial charge in [-0.25, -0.2) is 0 Å². The van der Waals surface area contributed by atoms with Crippen LogP contribution in [-0.4, -0.2) is 40.2 Å². The predicted molar refractivity (Wildman–Crippen MR) is 81.0 cm³/mol. The molecule has 1 aromatic rings. The summed E-state index contributed by atoms with van der Waals surface area (Å²) in [4.78, 5) is 14.3. The molecule has 1 heterocycles. The van der Waals surface area contributed by atoms with Crippen LogP contribution in [-0.2, 0) is 11.2 Å². The molecule has 4 N–H and O–H groups in total. The third-order valence-corrected chi connectivity index (χ3v) is 4.14. The normalized spacial score (nSPS) is 20.9. The Hall–Kier alpha value is -1.75. The van der Waals surface area contributed by atoms with Crippen molar-refractivity contribution in [3.63, 3.8) is 0 Å². The van der Waals surface area contributed by atoms with E-state index in [-0.39, 0.29) is 17.4 Å². The summed E-state index contributed by atoms with van der Waals surface area (Å²) in [7, 11) is 0. The fourth-order valence-electron chi connectivity index (χ4n) is 2.76. The van der Waals surface area contributed by atoms with Crippen molar-refractivity contribution in [3.05, 3.63) is 23.8 Å². The maximum Gasteiger partial charge on any atom is 0.239 e. The molecule has 0 spiro atoms. The maximum atomic E-state index is 12.4. The summed E-state index contributed by atoms with van der Waals surface area (Å²) < 4.78 is 0. The number of aromatic hydroxyl groups is 2. The highest BCUT2D eigenvalue weighted by Gasteiger charge is 2.23. The van der Waals surface area contributed by atoms with Gasteiger partial charge in [-0.05, 0) is 49.3 Å². The molecule has 1 saturated heterocycles. The summed E-state index contributed by atoms with van der Waals surface area (Å²) in [5.41, 5.74) is 6.76. The number of rotatable bonds is 3. The molecule has 0 radical (unpaired) electrons. The van der Waals surface area contributed by atoms with Crippen LogP contribution in [0.15, 0.2) is 18.2 Å². The van der Waals surface area contributed by atoms with E-state index in [2.05, 4.69) is 6.92 Å². The second-order valence-corrected chi connectivity index (χ2v) is 6.00. The van der Waals surface area contributed by atoms with E-state index in [4.69, 9.17) is 5.73 Å². The Bertz CT molecular complexity index is 504. The number of benzene rings is 1. The van der Waals surface area contributed by atoms with E-state index in [1.807, 2.05) is 4.90 Å². The molecule has 21 heavy (non-hydrogen) atoms. The summed E-state index contributed by atoms with van der Waals surface area (Å²) in [6.07, 6.45) is 3.57. The Kier molecular flexibility index (Phi) is 5.07. The minimum absolute atomic E-state index is 0.0309. The lowest BCUT2D eigenvalue weighted by Gasteiger charge is -2.24. The molecule has 5 nitrogen and oxygen atoms in total. The van der Waals surface area contributed by atoms with E-state index < -0.39 is 6.04 Å². The number of carbonyl (C=O) groups excluding carboxylic acids is 1. The molecule has 0 bridgehead atoms. The van der Waals surface area contributed by atoms with Gasteiger partial charge in [-0.1, -0.05) is 13.0 Å². The number of likely N-dealkylation sites (tertiary alicyclic amines) is 1. The van der Waals surface area contributed by atoms with Crippen molar-refractivity contribution < 1.29 is 15.0 Å². The lowest BCUT2D eigenvalue weighted by Crippen LogP contribution is -2.45. The molecule has 1 amide bonds. The highest BCUT2D eigenvalue weighted by atomic mass is 16.3. The van der Waals surface area contributed by atoms with Crippen LogP contribution in [0.3, 0.4) is 0 Å². The van der Waals surface area contributed by atoms with Gasteiger partial charge in [0.1, 0.15) is 0 Å². The Morgan fingerprint density at radius 2 is 2.10 bits per heavy atom. The zero-order chi connectivity index (χ0) is 15.4. The Morgan fingerprint density at radius 3 is 2.81 bits per heavy atom. The van der Waals surface area contributed by atoms with Gasteiger partial charge in [0.15, 0.2) is 11.5 Å². The number of nitrogens with two attached hydrogens (primary N) is 1. The third-order valence-electron chi connectivity index (χ3n) is 4.14. The van der Waals surface area contributed by atoms with Crippen LogP contribution in [0.1, 0.15) is 31.7 Å². The van der Waals surface area contributed by atoms with E-state index in [1.165, 1.54) is 12.1 Å². The SMILES string of the molecule is CC1CCCN(C(=O)[C@@H](N)Cc2ccc(O)c(O)c2)CC1. The fraction of sp³-hybridized carbons (Fsp3) is 0.562. The smallest absolute Gasteiger partial charge is 0.239 e. The number of phenolic OH excluding ortho intramolecular Hbond substituents is 2. The van der Waals surface area contributed by atoms with Gasteiger partial charge < -0.3 is 20.8 Å². The monoisotopic (exact) mass is 292 g/mol. The van der Waals surface area contributed by atoms with Crippen LogP contribution >= 0.6 is 0 Å². The van der Waals surface area contributed by atoms with Crippen molar-refractivity contribution >= 4 is 5.91 Å². The molecule has 0 saturated carbocycles. The van der Waals surface area contributed by atoms with Gasteiger partial charge in [0.2, 0.25) is 5.91 Å². The van der Waals surface area contributed by atoms with E-state index in [1.54, 1.807) is 6.07 Å². The lowest BCUT2D eigenvalue weighted by molar-refractivity contribution is -0.132. The molecule has 1 fully saturated rings. The highest BCUT2D eigenvalue weighted by molar-refractivity contribution is 5.82. The van der Waals surface area contributed by atoms with Crippen LogP contribution < -0.4 is 5.73 Å². The van der Waals surface area contributed by atoms with Gasteiger partial charge in [-0.2, -0.15) is 0 Å². The molecule has 1 aliphatic rings. The Labute approximate surface area is 125 Å². The molecule has 0 aromatic heterocycles. The predicted octanol–water partition coefficient (Wildman–Crippen LogP) is 1.62. The molecule has 1 aromatic carbocycles. The minimum Gasteiger partial charge on any atom is -0.504 e. The van der Waals surface area contributed by atoms with Crippen molar-refractivity contribution in [2.45, 2.75) is 38.6 Å². The number of hydrogen-bond donors (Lipinski definition) is 3. The standard InChI is InChI=1S/C16H24N2O3/c1-11-3-2-7-18(8-6-11)16(21)13(17)9-12-4-5-14(19)15(20)10-12/h4-5,10-11,13,19-20H,2-3,6-9,17H2,1H3/t11?,13-/m0/s1. The molecule has 1 unspecified atom stereocenters. The fourth-order valence-corrected chi connectivity index (χ4v) is 2.76. The summed E-state index contributed by atoms with van der Waals surface area (Å²) in [5.74, 6) is 0.278. The topological polar surface area (TPSA) is 86.8 Å². The van der Waals surface area contributed by atoms with E-state index in [0.717, 1.165) is 37.9 Å². The first-order valence-corrected chi connectivity index (χ1v) is 7.52. The van der Waals surface area contributed by atoms with Gasteiger partial charge >= 0.3 is 0 Å². The second-order valence-electron chi connectivity index (χ2n) is 6.00. The van der Waals surface area contributed by atoms with E-state index >= 15 is 0 Å². The number of phenols is 2. The average Bonchev–Trinajstić information content (AvgIpc) is 2.67. The first-order valence-electron chi connectivity index (χ1n) is 7.52. The summed E-state index contributed by atoms with van der Waals surface area (Å²) >= 11 is 0. The van der Waals surface area contributed by atoms with Crippen molar-refractivity contribution in [1.82, 2.24) is 4.90 Å². The van der Waals surface area contributed by atoms with E-state index in [9.17, 15) is 15.0 Å². The largest absolute Gasteiger partial charge is 0.504 e. The van der Waals surface area contributed by atoms with E-state index in [0.29, 0.717) is 12.3 Å². The minimum atomic E-state index is -0.609. The Balaban J connectivity index is 1.96. The van der Waals surface area contributed by atoms with Crippen LogP contribution in [0.25, 0.3) is 0 Å². The highest BCUT2D eigenvalue weighted by Crippen LogP contribution is 2.25. The van der Waals surface area contributed by atoms with Crippen LogP contribution in [0.2, 0.25) is 0 Å². The molecular formula is C16H24N2O3. The van der Waals surface area contributed by atoms with Crippen LogP contribution in [0, 0.1) is 5.92 Å². The Morgan fingerprint density at radius 1 is 1.33 bits per heavy atom. The first-order chi connectivity index (χ1) is 9.97. The molecule has 1 aliphatic heterocycles. The third kappa shape index (κ3) is 4.11. The molecule has 2 rings (SSSR count). The summed E-state index contributed by atoms with van der Waals surface area (Å²) in [6, 6.07) is 3.93. The zero-order valence-electron chi connectivity index (χ0n) is 12.5. The molecular weight excluding hydrogens is 268 g/mol. The van der Waals surface area contributed by atoms with Crippen molar-refractivity contribution in [3.8, 4) is 11.5 Å². The lowest BCUT2D eigenvalue weighted by atomic mass is 10.0. The number of carbonyl (C=O) groups is 1. The summed E-state index contributed by atoms with van der Waals surface area (Å²) in [6.45, 7) is 3.76. The van der Waals surface area contributed by atoms with Gasteiger partial charge in [0, 0.05) is 13.1 Å². The number of hydrogen-bond acceptors (Lipinski definition) is 4. The van der Waals surface area contributed by atoms with Crippen LogP contribution in [0.4, 0.5) is 0 Å². The maximum absolute atomic E-state index is 12.4. The molecule has 116 valence electrons. The zero-order valence-corrected chi connectivity index (χ0v) is 12.5. The molecule has 0 aliphatic carbocycles. The van der Waals surface area contributed by atoms with Gasteiger partial charge in [-0.15, -0.1) is 0 Å². The van der Waals surface area contributed by atoms with Crippen LogP contribution in [0.5, 0.6) is 11.5 Å². The number of amides is 1. The molecule has 2 atom stereocenters. The van der Waals surface area contributed by atoms with Crippen molar-refractivity contribution in [1.29, 1.82) is 0 Å². The van der Waals surface area contributed by atoms with Gasteiger partial charge in [0.05, 0.1) is 6.04 Å². The van der Waals surface area contributed by atoms with Crippen molar-refractivity contribution in [2.24, 2.45) is 11.7 Å². The summed E-state index contributed by atoms with van der Waals surface area (Å²) in [5, 5.41) is 18.8. The first kappa shape index (κ1) is 15.6. The van der Waals surface area contributed by atoms with Gasteiger partial charge in [-0.3, -0.25) is 4.79 Å². The molecule has 5 heteroatoms. The van der Waals surface area contributed by atoms with Crippen molar-refractivity contribution in [2.75, 3.05) is 13.1 Å². The quantitative estimate of drug-likeness (QED) is 0.739. The average molecular weight is 292 g/mol.